The zero-order valence-electron chi connectivity index (χ0n) is 8.59. The summed E-state index contributed by atoms with van der Waals surface area (Å²) in [5.74, 6) is 0. The summed E-state index contributed by atoms with van der Waals surface area (Å²) in [4.78, 5) is 2.54. The van der Waals surface area contributed by atoms with Crippen LogP contribution in [0.3, 0.4) is 0 Å². The highest BCUT2D eigenvalue weighted by Crippen LogP contribution is 2.21. The average Bonchev–Trinajstić information content (AvgIpc) is 2.66. The Bertz CT molecular complexity index is 316. The van der Waals surface area contributed by atoms with E-state index in [4.69, 9.17) is 0 Å². The summed E-state index contributed by atoms with van der Waals surface area (Å²) in [6.45, 7) is 5.85. The third-order valence-electron chi connectivity index (χ3n) is 2.97. The van der Waals surface area contributed by atoms with E-state index in [9.17, 15) is 0 Å². The molecule has 0 spiro atoms. The van der Waals surface area contributed by atoms with Crippen LogP contribution >= 0.6 is 15.9 Å². The van der Waals surface area contributed by atoms with Crippen molar-refractivity contribution >= 4 is 15.9 Å². The van der Waals surface area contributed by atoms with Gasteiger partial charge >= 0.3 is 0 Å². The normalized spacial score (nSPS) is 17.6. The Kier molecular flexibility index (Phi) is 3.24. The van der Waals surface area contributed by atoms with Gasteiger partial charge in [0, 0.05) is 11.0 Å². The van der Waals surface area contributed by atoms with E-state index in [1.807, 2.05) is 0 Å². The quantitative estimate of drug-likeness (QED) is 0.782. The molecule has 1 nitrogen and oxygen atoms in total. The topological polar surface area (TPSA) is 3.24 Å². The number of likely N-dealkylation sites (tertiary alicyclic amines) is 1. The van der Waals surface area contributed by atoms with Gasteiger partial charge in [0.05, 0.1) is 0 Å². The Hall–Kier alpha value is -0.340. The van der Waals surface area contributed by atoms with E-state index in [2.05, 4.69) is 46.0 Å². The molecule has 1 aromatic rings. The van der Waals surface area contributed by atoms with Crippen molar-refractivity contribution in [1.29, 1.82) is 0 Å². The number of benzene rings is 1. The maximum Gasteiger partial charge on any atom is 0.0236 e. The molecule has 2 heteroatoms. The number of halogens is 1. The Labute approximate surface area is 94.2 Å². The molecule has 0 atom stereocenters. The van der Waals surface area contributed by atoms with E-state index in [0.29, 0.717) is 0 Å². The first-order valence-corrected chi connectivity index (χ1v) is 6.03. The molecule has 0 aromatic heterocycles. The van der Waals surface area contributed by atoms with Gasteiger partial charge in [-0.3, -0.25) is 4.90 Å². The molecule has 0 amide bonds. The molecule has 1 aliphatic rings. The maximum absolute atomic E-state index is 3.58. The van der Waals surface area contributed by atoms with Crippen LogP contribution in [0.4, 0.5) is 0 Å². The lowest BCUT2D eigenvalue weighted by atomic mass is 10.1. The van der Waals surface area contributed by atoms with Gasteiger partial charge in [-0.05, 0) is 50.0 Å². The molecule has 0 aliphatic carbocycles. The van der Waals surface area contributed by atoms with Crippen molar-refractivity contribution in [3.05, 3.63) is 33.8 Å². The minimum absolute atomic E-state index is 1.12. The highest BCUT2D eigenvalue weighted by molar-refractivity contribution is 9.10. The van der Waals surface area contributed by atoms with Crippen LogP contribution in [0.2, 0.25) is 0 Å². The van der Waals surface area contributed by atoms with Gasteiger partial charge in [-0.25, -0.2) is 0 Å². The van der Waals surface area contributed by atoms with Gasteiger partial charge in [-0.15, -0.1) is 0 Å². The van der Waals surface area contributed by atoms with E-state index in [1.165, 1.54) is 41.5 Å². The van der Waals surface area contributed by atoms with Crippen LogP contribution in [0.5, 0.6) is 0 Å². The zero-order chi connectivity index (χ0) is 9.97. The fourth-order valence-electron chi connectivity index (χ4n) is 2.01. The monoisotopic (exact) mass is 253 g/mol. The summed E-state index contributed by atoms with van der Waals surface area (Å²) in [5, 5.41) is 0. The molecule has 1 heterocycles. The van der Waals surface area contributed by atoms with Crippen LogP contribution in [-0.4, -0.2) is 18.0 Å². The molecule has 1 saturated heterocycles. The molecular formula is C12H16BrN. The summed E-state index contributed by atoms with van der Waals surface area (Å²) >= 11 is 3.58. The third-order valence-corrected chi connectivity index (χ3v) is 3.83. The van der Waals surface area contributed by atoms with E-state index >= 15 is 0 Å². The molecule has 2 rings (SSSR count). The summed E-state index contributed by atoms with van der Waals surface area (Å²) in [6.07, 6.45) is 2.74. The molecule has 76 valence electrons. The van der Waals surface area contributed by atoms with Gasteiger partial charge < -0.3 is 0 Å². The Morgan fingerprint density at radius 2 is 2.00 bits per heavy atom. The second-order valence-corrected chi connectivity index (χ2v) is 4.86. The van der Waals surface area contributed by atoms with E-state index in [-0.39, 0.29) is 0 Å². The van der Waals surface area contributed by atoms with Crippen molar-refractivity contribution < 1.29 is 0 Å². The molecule has 1 aliphatic heterocycles. The second kappa shape index (κ2) is 4.45. The van der Waals surface area contributed by atoms with E-state index < -0.39 is 0 Å². The second-order valence-electron chi connectivity index (χ2n) is 4.01. The van der Waals surface area contributed by atoms with Crippen LogP contribution in [0, 0.1) is 6.92 Å². The van der Waals surface area contributed by atoms with Crippen molar-refractivity contribution in [3.8, 4) is 0 Å². The molecule has 0 bridgehead atoms. The number of rotatable bonds is 2. The van der Waals surface area contributed by atoms with Crippen molar-refractivity contribution in [2.45, 2.75) is 26.3 Å². The standard InChI is InChI=1S/C12H16BrN/c1-10-11(5-4-6-12(10)13)9-14-7-2-3-8-14/h4-6H,2-3,7-9H2,1H3. The number of nitrogens with zero attached hydrogens (tertiary/aromatic N) is 1. The minimum Gasteiger partial charge on any atom is -0.299 e. The third kappa shape index (κ3) is 2.18. The van der Waals surface area contributed by atoms with Gasteiger partial charge in [-0.2, -0.15) is 0 Å². The SMILES string of the molecule is Cc1c(Br)cccc1CN1CCCC1. The largest absolute Gasteiger partial charge is 0.299 e. The average molecular weight is 254 g/mol. The van der Waals surface area contributed by atoms with Crippen LogP contribution in [-0.2, 0) is 6.54 Å². The highest BCUT2D eigenvalue weighted by Gasteiger charge is 2.12. The summed E-state index contributed by atoms with van der Waals surface area (Å²) < 4.78 is 1.23. The lowest BCUT2D eigenvalue weighted by molar-refractivity contribution is 0.330. The predicted octanol–water partition coefficient (Wildman–Crippen LogP) is 3.35. The summed E-state index contributed by atoms with van der Waals surface area (Å²) in [6, 6.07) is 6.48. The first kappa shape index (κ1) is 10.2. The smallest absolute Gasteiger partial charge is 0.0236 e. The van der Waals surface area contributed by atoms with Crippen LogP contribution in [0.25, 0.3) is 0 Å². The van der Waals surface area contributed by atoms with Crippen LogP contribution in [0.15, 0.2) is 22.7 Å². The highest BCUT2D eigenvalue weighted by atomic mass is 79.9. The lowest BCUT2D eigenvalue weighted by Crippen LogP contribution is -2.18. The minimum atomic E-state index is 1.12. The molecule has 0 N–H and O–H groups in total. The molecule has 1 aromatic carbocycles. The molecule has 0 radical (unpaired) electrons. The summed E-state index contributed by atoms with van der Waals surface area (Å²) in [7, 11) is 0. The lowest BCUT2D eigenvalue weighted by Gasteiger charge is -2.16. The Morgan fingerprint density at radius 3 is 2.71 bits per heavy atom. The molecule has 1 fully saturated rings. The van der Waals surface area contributed by atoms with E-state index in [0.717, 1.165) is 6.54 Å². The maximum atomic E-state index is 3.58. The van der Waals surface area contributed by atoms with Gasteiger partial charge in [0.15, 0.2) is 0 Å². The zero-order valence-corrected chi connectivity index (χ0v) is 10.2. The van der Waals surface area contributed by atoms with Gasteiger partial charge in [0.1, 0.15) is 0 Å². The van der Waals surface area contributed by atoms with Crippen molar-refractivity contribution in [1.82, 2.24) is 4.90 Å². The van der Waals surface area contributed by atoms with Crippen molar-refractivity contribution in [2.75, 3.05) is 13.1 Å². The van der Waals surface area contributed by atoms with Gasteiger partial charge in [-0.1, -0.05) is 28.1 Å². The molecule has 14 heavy (non-hydrogen) atoms. The predicted molar refractivity (Wildman–Crippen MR) is 63.4 cm³/mol. The molecule has 0 saturated carbocycles. The fourth-order valence-corrected chi connectivity index (χ4v) is 2.41. The first-order valence-electron chi connectivity index (χ1n) is 5.24. The van der Waals surface area contributed by atoms with Crippen molar-refractivity contribution in [3.63, 3.8) is 0 Å². The van der Waals surface area contributed by atoms with Crippen LogP contribution < -0.4 is 0 Å². The van der Waals surface area contributed by atoms with E-state index in [1.54, 1.807) is 0 Å². The number of hydrogen-bond donors (Lipinski definition) is 0. The van der Waals surface area contributed by atoms with Gasteiger partial charge in [0.25, 0.3) is 0 Å². The van der Waals surface area contributed by atoms with Crippen LogP contribution in [0.1, 0.15) is 24.0 Å². The fraction of sp³-hybridized carbons (Fsp3) is 0.500. The first-order chi connectivity index (χ1) is 6.77. The molecule has 0 unspecified atom stereocenters. The number of hydrogen-bond acceptors (Lipinski definition) is 1. The Balaban J connectivity index is 2.11. The van der Waals surface area contributed by atoms with Crippen molar-refractivity contribution in [2.24, 2.45) is 0 Å². The molecular weight excluding hydrogens is 238 g/mol. The summed E-state index contributed by atoms with van der Waals surface area (Å²) in [5.41, 5.74) is 2.85. The van der Waals surface area contributed by atoms with Gasteiger partial charge in [0.2, 0.25) is 0 Å². The Morgan fingerprint density at radius 1 is 1.29 bits per heavy atom.